The molecule has 1 saturated heterocycles. The van der Waals surface area contributed by atoms with Crippen LogP contribution < -0.4 is 10.1 Å². The highest BCUT2D eigenvalue weighted by molar-refractivity contribution is 7.89. The molecule has 0 saturated carbocycles. The Morgan fingerprint density at radius 2 is 2.00 bits per heavy atom. The molecule has 2 aromatic carbocycles. The Labute approximate surface area is 172 Å². The quantitative estimate of drug-likeness (QED) is 0.781. The summed E-state index contributed by atoms with van der Waals surface area (Å²) in [7, 11) is -2.11. The van der Waals surface area contributed by atoms with Crippen molar-refractivity contribution in [3.8, 4) is 5.75 Å². The van der Waals surface area contributed by atoms with Gasteiger partial charge in [0.05, 0.1) is 17.9 Å². The van der Waals surface area contributed by atoms with Crippen LogP contribution in [0.2, 0.25) is 0 Å². The van der Waals surface area contributed by atoms with E-state index in [4.69, 9.17) is 4.74 Å². The summed E-state index contributed by atoms with van der Waals surface area (Å²) in [5.74, 6) is 0.147. The predicted octanol–water partition coefficient (Wildman–Crippen LogP) is 3.61. The van der Waals surface area contributed by atoms with Gasteiger partial charge in [-0.05, 0) is 61.6 Å². The summed E-state index contributed by atoms with van der Waals surface area (Å²) >= 11 is 0. The molecule has 0 bridgehead atoms. The highest BCUT2D eigenvalue weighted by Gasteiger charge is 2.33. The van der Waals surface area contributed by atoms with Gasteiger partial charge in [-0.2, -0.15) is 4.31 Å². The summed E-state index contributed by atoms with van der Waals surface area (Å²) in [6.45, 7) is 4.46. The standard InChI is InChI=1S/C22H28N2O4S/c1-4-17-8-5-6-10-20(17)23-22(25)18-9-7-13-24(15-18)29(26,27)19-11-12-21(28-3)16(2)14-19/h5-6,8,10-12,14,18H,4,7,9,13,15H2,1-3H3,(H,23,25)/t18-/m1/s1. The number of anilines is 1. The maximum absolute atomic E-state index is 13.1. The highest BCUT2D eigenvalue weighted by Crippen LogP contribution is 2.28. The molecule has 2 aromatic rings. The Hall–Kier alpha value is -2.38. The second kappa shape index (κ2) is 8.97. The van der Waals surface area contributed by atoms with Gasteiger partial charge < -0.3 is 10.1 Å². The third-order valence-corrected chi connectivity index (χ3v) is 7.28. The molecule has 0 radical (unpaired) electrons. The van der Waals surface area contributed by atoms with Crippen LogP contribution in [-0.4, -0.2) is 38.8 Å². The van der Waals surface area contributed by atoms with E-state index in [1.54, 1.807) is 25.3 Å². The number of nitrogens with zero attached hydrogens (tertiary/aromatic N) is 1. The van der Waals surface area contributed by atoms with Crippen LogP contribution in [0.15, 0.2) is 47.4 Å². The number of para-hydroxylation sites is 1. The van der Waals surface area contributed by atoms with Crippen molar-refractivity contribution in [2.45, 2.75) is 38.0 Å². The average Bonchev–Trinajstić information content (AvgIpc) is 2.74. The van der Waals surface area contributed by atoms with Crippen molar-refractivity contribution < 1.29 is 17.9 Å². The predicted molar refractivity (Wildman–Crippen MR) is 114 cm³/mol. The van der Waals surface area contributed by atoms with Crippen molar-refractivity contribution in [2.24, 2.45) is 5.92 Å². The van der Waals surface area contributed by atoms with Gasteiger partial charge in [-0.15, -0.1) is 0 Å². The minimum atomic E-state index is -3.66. The maximum Gasteiger partial charge on any atom is 0.243 e. The van der Waals surface area contributed by atoms with Gasteiger partial charge in [-0.3, -0.25) is 4.79 Å². The first-order valence-electron chi connectivity index (χ1n) is 9.90. The molecule has 1 aliphatic heterocycles. The van der Waals surface area contributed by atoms with Crippen molar-refractivity contribution in [3.05, 3.63) is 53.6 Å². The number of amides is 1. The summed E-state index contributed by atoms with van der Waals surface area (Å²) < 4.78 is 32.9. The monoisotopic (exact) mass is 416 g/mol. The fraction of sp³-hybridized carbons (Fsp3) is 0.409. The average molecular weight is 417 g/mol. The molecule has 1 heterocycles. The van der Waals surface area contributed by atoms with Gasteiger partial charge in [0.25, 0.3) is 0 Å². The van der Waals surface area contributed by atoms with Crippen LogP contribution in [-0.2, 0) is 21.2 Å². The second-order valence-electron chi connectivity index (χ2n) is 7.33. The lowest BCUT2D eigenvalue weighted by molar-refractivity contribution is -0.120. The van der Waals surface area contributed by atoms with Crippen LogP contribution in [0.4, 0.5) is 5.69 Å². The molecule has 6 nitrogen and oxygen atoms in total. The number of methoxy groups -OCH3 is 1. The van der Waals surface area contributed by atoms with Crippen molar-refractivity contribution in [3.63, 3.8) is 0 Å². The van der Waals surface area contributed by atoms with Crippen molar-refractivity contribution in [1.29, 1.82) is 0 Å². The molecular weight excluding hydrogens is 388 g/mol. The Kier molecular flexibility index (Phi) is 6.59. The lowest BCUT2D eigenvalue weighted by Crippen LogP contribution is -2.43. The zero-order chi connectivity index (χ0) is 21.0. The summed E-state index contributed by atoms with van der Waals surface area (Å²) in [6, 6.07) is 12.5. The molecule has 1 amide bonds. The molecule has 156 valence electrons. The van der Waals surface area contributed by atoms with E-state index in [2.05, 4.69) is 5.32 Å². The van der Waals surface area contributed by atoms with Crippen molar-refractivity contribution in [2.75, 3.05) is 25.5 Å². The fourth-order valence-corrected chi connectivity index (χ4v) is 5.33. The molecule has 3 rings (SSSR count). The van der Waals surface area contributed by atoms with E-state index in [-0.39, 0.29) is 23.3 Å². The number of hydrogen-bond acceptors (Lipinski definition) is 4. The molecule has 0 unspecified atom stereocenters. The number of benzene rings is 2. The van der Waals surface area contributed by atoms with Gasteiger partial charge in [-0.1, -0.05) is 25.1 Å². The number of aryl methyl sites for hydroxylation is 2. The molecule has 0 aliphatic carbocycles. The lowest BCUT2D eigenvalue weighted by Gasteiger charge is -2.31. The van der Waals surface area contributed by atoms with Crippen LogP contribution in [0.1, 0.15) is 30.9 Å². The smallest absolute Gasteiger partial charge is 0.243 e. The summed E-state index contributed by atoms with van der Waals surface area (Å²) in [5, 5.41) is 2.99. The largest absolute Gasteiger partial charge is 0.496 e. The molecule has 0 spiro atoms. The maximum atomic E-state index is 13.1. The summed E-state index contributed by atoms with van der Waals surface area (Å²) in [5.41, 5.74) is 2.62. The number of carbonyl (C=O) groups excluding carboxylic acids is 1. The molecule has 1 aliphatic rings. The van der Waals surface area contributed by atoms with E-state index in [1.807, 2.05) is 38.1 Å². The van der Waals surface area contributed by atoms with Gasteiger partial charge in [-0.25, -0.2) is 8.42 Å². The number of rotatable bonds is 6. The van der Waals surface area contributed by atoms with Crippen molar-refractivity contribution >= 4 is 21.6 Å². The Bertz CT molecular complexity index is 988. The topological polar surface area (TPSA) is 75.7 Å². The molecular formula is C22H28N2O4S. The molecule has 1 fully saturated rings. The Morgan fingerprint density at radius 1 is 1.24 bits per heavy atom. The van der Waals surface area contributed by atoms with E-state index in [0.717, 1.165) is 23.2 Å². The second-order valence-corrected chi connectivity index (χ2v) is 9.27. The third kappa shape index (κ3) is 4.62. The Morgan fingerprint density at radius 3 is 2.69 bits per heavy atom. The van der Waals surface area contributed by atoms with Gasteiger partial charge in [0.1, 0.15) is 5.75 Å². The van der Waals surface area contributed by atoms with E-state index in [0.29, 0.717) is 25.1 Å². The first-order valence-corrected chi connectivity index (χ1v) is 11.3. The van der Waals surface area contributed by atoms with E-state index < -0.39 is 10.0 Å². The number of carbonyl (C=O) groups is 1. The third-order valence-electron chi connectivity index (χ3n) is 5.42. The van der Waals surface area contributed by atoms with Crippen LogP contribution in [0.5, 0.6) is 5.75 Å². The first-order chi connectivity index (χ1) is 13.9. The molecule has 1 atom stereocenters. The number of ether oxygens (including phenoxy) is 1. The van der Waals surface area contributed by atoms with Crippen LogP contribution in [0.3, 0.4) is 0 Å². The van der Waals surface area contributed by atoms with Crippen LogP contribution in [0.25, 0.3) is 0 Å². The zero-order valence-electron chi connectivity index (χ0n) is 17.1. The SMILES string of the molecule is CCc1ccccc1NC(=O)[C@@H]1CCCN(S(=O)(=O)c2ccc(OC)c(C)c2)C1. The van der Waals surface area contributed by atoms with Gasteiger partial charge >= 0.3 is 0 Å². The first kappa shape index (κ1) is 21.3. The minimum Gasteiger partial charge on any atom is -0.496 e. The van der Waals surface area contributed by atoms with Gasteiger partial charge in [0.15, 0.2) is 0 Å². The van der Waals surface area contributed by atoms with E-state index >= 15 is 0 Å². The van der Waals surface area contributed by atoms with Gasteiger partial charge in [0.2, 0.25) is 15.9 Å². The number of hydrogen-bond donors (Lipinski definition) is 1. The van der Waals surface area contributed by atoms with E-state index in [9.17, 15) is 13.2 Å². The number of sulfonamides is 1. The summed E-state index contributed by atoms with van der Waals surface area (Å²) in [6.07, 6.45) is 2.15. The van der Waals surface area contributed by atoms with E-state index in [1.165, 1.54) is 4.31 Å². The van der Waals surface area contributed by atoms with Crippen LogP contribution >= 0.6 is 0 Å². The van der Waals surface area contributed by atoms with Crippen LogP contribution in [0, 0.1) is 12.8 Å². The minimum absolute atomic E-state index is 0.128. The number of piperidine rings is 1. The van der Waals surface area contributed by atoms with Gasteiger partial charge in [0, 0.05) is 18.8 Å². The summed E-state index contributed by atoms with van der Waals surface area (Å²) in [4.78, 5) is 13.1. The fourth-order valence-electron chi connectivity index (χ4n) is 3.72. The van der Waals surface area contributed by atoms with Crippen molar-refractivity contribution in [1.82, 2.24) is 4.31 Å². The molecule has 1 N–H and O–H groups in total. The molecule has 0 aromatic heterocycles. The molecule has 7 heteroatoms. The normalized spacial score (nSPS) is 17.7. The lowest BCUT2D eigenvalue weighted by atomic mass is 9.98. The Balaban J connectivity index is 1.76. The highest BCUT2D eigenvalue weighted by atomic mass is 32.2. The molecule has 29 heavy (non-hydrogen) atoms. The number of nitrogens with one attached hydrogen (secondary N) is 1. The zero-order valence-corrected chi connectivity index (χ0v) is 18.0.